The molecule has 0 amide bonds. The molecule has 0 aliphatic heterocycles. The maximum Gasteiger partial charge on any atom is 0.147 e. The molecule has 19 heavy (non-hydrogen) atoms. The fourth-order valence-corrected chi connectivity index (χ4v) is 2.24. The van der Waals surface area contributed by atoms with Crippen molar-refractivity contribution in [3.8, 4) is 0 Å². The molecule has 0 saturated heterocycles. The van der Waals surface area contributed by atoms with Crippen LogP contribution in [-0.4, -0.2) is 52.6 Å². The van der Waals surface area contributed by atoms with E-state index in [1.165, 1.54) is 0 Å². The Bertz CT molecular complexity index is 411. The lowest BCUT2D eigenvalue weighted by molar-refractivity contribution is 0.0458. The molecule has 0 saturated carbocycles. The highest BCUT2D eigenvalue weighted by Gasteiger charge is 2.22. The summed E-state index contributed by atoms with van der Waals surface area (Å²) >= 11 is 0. The van der Waals surface area contributed by atoms with Gasteiger partial charge in [-0.05, 0) is 27.4 Å². The monoisotopic (exact) mass is 269 g/mol. The summed E-state index contributed by atoms with van der Waals surface area (Å²) in [5.41, 5.74) is 6.87. The molecule has 4 N–H and O–H groups in total. The molecule has 110 valence electrons. The van der Waals surface area contributed by atoms with E-state index in [0.29, 0.717) is 18.8 Å². The molecule has 0 bridgehead atoms. The number of aryl methyl sites for hydroxylation is 2. The molecule has 1 unspecified atom stereocenters. The van der Waals surface area contributed by atoms with E-state index in [9.17, 15) is 5.11 Å². The topological polar surface area (TPSA) is 79.3 Å². The third-order valence-corrected chi connectivity index (χ3v) is 2.94. The maximum atomic E-state index is 10.3. The van der Waals surface area contributed by atoms with Gasteiger partial charge in [-0.3, -0.25) is 4.68 Å². The summed E-state index contributed by atoms with van der Waals surface area (Å²) in [4.78, 5) is 1.96. The van der Waals surface area contributed by atoms with Crippen molar-refractivity contribution in [2.24, 2.45) is 7.05 Å². The minimum atomic E-state index is -0.814. The summed E-state index contributed by atoms with van der Waals surface area (Å²) in [6, 6.07) is 0. The van der Waals surface area contributed by atoms with Gasteiger partial charge in [0.25, 0.3) is 0 Å². The molecule has 0 aliphatic rings. The fourth-order valence-electron chi connectivity index (χ4n) is 2.24. The molecule has 0 aromatic carbocycles. The van der Waals surface area contributed by atoms with Crippen molar-refractivity contribution in [1.82, 2.24) is 14.7 Å². The Hall–Kier alpha value is -1.27. The first-order chi connectivity index (χ1) is 8.76. The van der Waals surface area contributed by atoms with Crippen LogP contribution in [0.25, 0.3) is 0 Å². The number of hydrogen-bond donors (Lipinski definition) is 3. The number of nitrogen functional groups attached to an aromatic ring is 1. The molecule has 6 heteroatoms. The number of hydrogen-bond acceptors (Lipinski definition) is 5. The Morgan fingerprint density at radius 1 is 1.47 bits per heavy atom. The number of aromatic nitrogens is 2. The molecule has 1 heterocycles. The number of rotatable bonds is 7. The number of nitrogens with one attached hydrogen (secondary N) is 1. The van der Waals surface area contributed by atoms with Crippen molar-refractivity contribution < 1.29 is 5.11 Å². The van der Waals surface area contributed by atoms with Gasteiger partial charge in [0, 0.05) is 20.1 Å². The second-order valence-electron chi connectivity index (χ2n) is 5.67. The van der Waals surface area contributed by atoms with E-state index < -0.39 is 5.60 Å². The van der Waals surface area contributed by atoms with Gasteiger partial charge >= 0.3 is 0 Å². The molecule has 1 rings (SSSR count). The van der Waals surface area contributed by atoms with Crippen LogP contribution in [-0.2, 0) is 13.5 Å². The first-order valence-corrected chi connectivity index (χ1v) is 6.69. The van der Waals surface area contributed by atoms with Crippen molar-refractivity contribution in [1.29, 1.82) is 0 Å². The molecule has 0 spiro atoms. The Balaban J connectivity index is 2.72. The van der Waals surface area contributed by atoms with Crippen LogP contribution < -0.4 is 11.1 Å². The lowest BCUT2D eigenvalue weighted by atomic mass is 10.1. The third kappa shape index (κ3) is 4.40. The van der Waals surface area contributed by atoms with Gasteiger partial charge in [-0.2, -0.15) is 5.10 Å². The molecule has 1 atom stereocenters. The highest BCUT2D eigenvalue weighted by molar-refractivity contribution is 5.65. The summed E-state index contributed by atoms with van der Waals surface area (Å²) in [7, 11) is 5.73. The van der Waals surface area contributed by atoms with Crippen LogP contribution in [0.5, 0.6) is 0 Å². The Morgan fingerprint density at radius 3 is 2.63 bits per heavy atom. The van der Waals surface area contributed by atoms with Crippen LogP contribution in [0.4, 0.5) is 11.5 Å². The standard InChI is InChI=1S/C13H27N5O/c1-6-7-10-11(14)12(18(5)16-10)15-8-13(2,19)9-17(3)4/h15,19H,6-9,14H2,1-5H3. The van der Waals surface area contributed by atoms with Crippen LogP contribution in [0.3, 0.4) is 0 Å². The lowest BCUT2D eigenvalue weighted by Gasteiger charge is -2.27. The molecule has 0 fully saturated rings. The molecule has 1 aromatic heterocycles. The van der Waals surface area contributed by atoms with Gasteiger partial charge in [0.15, 0.2) is 0 Å². The number of nitrogens with two attached hydrogens (primary N) is 1. The van der Waals surface area contributed by atoms with E-state index >= 15 is 0 Å². The minimum Gasteiger partial charge on any atom is -0.394 e. The Kier molecular flexibility index (Phi) is 5.20. The lowest BCUT2D eigenvalue weighted by Crippen LogP contribution is -2.43. The van der Waals surface area contributed by atoms with Gasteiger partial charge in [0.1, 0.15) is 5.82 Å². The van der Waals surface area contributed by atoms with Crippen molar-refractivity contribution in [3.05, 3.63) is 5.69 Å². The minimum absolute atomic E-state index is 0.431. The predicted octanol–water partition coefficient (Wildman–Crippen LogP) is 0.679. The van der Waals surface area contributed by atoms with E-state index in [1.54, 1.807) is 11.6 Å². The zero-order chi connectivity index (χ0) is 14.6. The van der Waals surface area contributed by atoms with Gasteiger partial charge in [-0.1, -0.05) is 13.3 Å². The molecule has 0 aliphatic carbocycles. The fraction of sp³-hybridized carbons (Fsp3) is 0.769. The van der Waals surface area contributed by atoms with E-state index in [2.05, 4.69) is 17.3 Å². The quantitative estimate of drug-likeness (QED) is 0.678. The molecular weight excluding hydrogens is 242 g/mol. The van der Waals surface area contributed by atoms with E-state index in [-0.39, 0.29) is 0 Å². The predicted molar refractivity (Wildman–Crippen MR) is 79.3 cm³/mol. The smallest absolute Gasteiger partial charge is 0.147 e. The van der Waals surface area contributed by atoms with E-state index in [0.717, 1.165) is 24.4 Å². The number of likely N-dealkylation sites (N-methyl/N-ethyl adjacent to an activating group) is 1. The summed E-state index contributed by atoms with van der Waals surface area (Å²) in [6.45, 7) is 4.92. The molecule has 6 nitrogen and oxygen atoms in total. The maximum absolute atomic E-state index is 10.3. The van der Waals surface area contributed by atoms with Gasteiger partial charge in [-0.15, -0.1) is 0 Å². The van der Waals surface area contributed by atoms with Crippen LogP contribution in [0, 0.1) is 0 Å². The highest BCUT2D eigenvalue weighted by Crippen LogP contribution is 2.23. The Labute approximate surface area is 115 Å². The first-order valence-electron chi connectivity index (χ1n) is 6.69. The average molecular weight is 269 g/mol. The van der Waals surface area contributed by atoms with Crippen molar-refractivity contribution in [2.45, 2.75) is 32.3 Å². The Morgan fingerprint density at radius 2 is 2.11 bits per heavy atom. The van der Waals surface area contributed by atoms with Gasteiger partial charge in [0.05, 0.1) is 17.0 Å². The second kappa shape index (κ2) is 6.25. The van der Waals surface area contributed by atoms with Crippen molar-refractivity contribution in [3.63, 3.8) is 0 Å². The summed E-state index contributed by atoms with van der Waals surface area (Å²) in [5, 5.41) is 17.9. The molecule has 1 aromatic rings. The van der Waals surface area contributed by atoms with Crippen LogP contribution in [0.15, 0.2) is 0 Å². The molecule has 0 radical (unpaired) electrons. The number of anilines is 2. The van der Waals surface area contributed by atoms with Crippen LogP contribution in [0.1, 0.15) is 26.0 Å². The van der Waals surface area contributed by atoms with Gasteiger partial charge < -0.3 is 21.1 Å². The normalized spacial score (nSPS) is 14.7. The summed E-state index contributed by atoms with van der Waals surface area (Å²) in [6.07, 6.45) is 1.88. The van der Waals surface area contributed by atoms with E-state index in [1.807, 2.05) is 26.0 Å². The van der Waals surface area contributed by atoms with Gasteiger partial charge in [-0.25, -0.2) is 0 Å². The summed E-state index contributed by atoms with van der Waals surface area (Å²) in [5.74, 6) is 0.780. The number of aliphatic hydroxyl groups is 1. The first kappa shape index (κ1) is 15.8. The molecular formula is C13H27N5O. The zero-order valence-electron chi connectivity index (χ0n) is 12.7. The zero-order valence-corrected chi connectivity index (χ0v) is 12.7. The van der Waals surface area contributed by atoms with Crippen molar-refractivity contribution >= 4 is 11.5 Å². The highest BCUT2D eigenvalue weighted by atomic mass is 16.3. The largest absolute Gasteiger partial charge is 0.394 e. The number of nitrogens with zero attached hydrogens (tertiary/aromatic N) is 3. The van der Waals surface area contributed by atoms with Crippen LogP contribution >= 0.6 is 0 Å². The third-order valence-electron chi connectivity index (χ3n) is 2.94. The van der Waals surface area contributed by atoms with Crippen LogP contribution in [0.2, 0.25) is 0 Å². The SMILES string of the molecule is CCCc1nn(C)c(NCC(C)(O)CN(C)C)c1N. The van der Waals surface area contributed by atoms with Crippen molar-refractivity contribution in [2.75, 3.05) is 38.2 Å². The second-order valence-corrected chi connectivity index (χ2v) is 5.67. The van der Waals surface area contributed by atoms with Gasteiger partial charge in [0.2, 0.25) is 0 Å². The summed E-state index contributed by atoms with van der Waals surface area (Å²) < 4.78 is 1.74. The average Bonchev–Trinajstić information content (AvgIpc) is 2.51. The van der Waals surface area contributed by atoms with E-state index in [4.69, 9.17) is 5.73 Å².